The van der Waals surface area contributed by atoms with E-state index in [2.05, 4.69) is 5.32 Å². The molecular formula is C14H12Cl2N2O5S. The van der Waals surface area contributed by atoms with Gasteiger partial charge in [-0.05, 0) is 18.2 Å². The van der Waals surface area contributed by atoms with Gasteiger partial charge in [0.25, 0.3) is 11.1 Å². The van der Waals surface area contributed by atoms with Gasteiger partial charge in [0, 0.05) is 18.1 Å². The Morgan fingerprint density at radius 1 is 1.29 bits per heavy atom. The van der Waals surface area contributed by atoms with Crippen LogP contribution in [0.4, 0.5) is 4.79 Å². The lowest BCUT2D eigenvalue weighted by Crippen LogP contribution is -2.38. The van der Waals surface area contributed by atoms with E-state index in [0.717, 1.165) is 16.7 Å². The summed E-state index contributed by atoms with van der Waals surface area (Å²) >= 11 is 12.5. The van der Waals surface area contributed by atoms with E-state index in [-0.39, 0.29) is 40.6 Å². The summed E-state index contributed by atoms with van der Waals surface area (Å²) in [4.78, 5) is 47.2. The second kappa shape index (κ2) is 8.36. The van der Waals surface area contributed by atoms with Gasteiger partial charge in [0.05, 0.1) is 16.3 Å². The first-order chi connectivity index (χ1) is 11.4. The van der Waals surface area contributed by atoms with E-state index in [1.165, 1.54) is 18.2 Å². The number of carbonyl (C=O) groups excluding carboxylic acids is 4. The second-order valence-electron chi connectivity index (χ2n) is 4.65. The molecule has 1 aliphatic heterocycles. The average Bonchev–Trinajstić information content (AvgIpc) is 2.84. The van der Waals surface area contributed by atoms with Crippen LogP contribution in [-0.2, 0) is 14.3 Å². The predicted octanol–water partition coefficient (Wildman–Crippen LogP) is 1.96. The standard InChI is InChI=1S/C14H12Cl2N2O5S/c15-8-1-2-9(10(16)5-8)13(21)23-6-11(19)17-3-4-18-12(20)7-24-14(18)22/h1-2,5H,3-4,6-7H2,(H,17,19). The third kappa shape index (κ3) is 4.86. The first-order valence-corrected chi connectivity index (χ1v) is 8.48. The van der Waals surface area contributed by atoms with Crippen LogP contribution in [0.5, 0.6) is 0 Å². The molecule has 0 aromatic heterocycles. The second-order valence-corrected chi connectivity index (χ2v) is 6.42. The number of hydrogen-bond acceptors (Lipinski definition) is 6. The van der Waals surface area contributed by atoms with Gasteiger partial charge in [-0.3, -0.25) is 19.3 Å². The summed E-state index contributed by atoms with van der Waals surface area (Å²) in [6.45, 7) is -0.349. The monoisotopic (exact) mass is 390 g/mol. The van der Waals surface area contributed by atoms with Gasteiger partial charge in [-0.1, -0.05) is 35.0 Å². The molecule has 10 heteroatoms. The quantitative estimate of drug-likeness (QED) is 0.746. The number of halogens is 2. The molecule has 24 heavy (non-hydrogen) atoms. The smallest absolute Gasteiger partial charge is 0.340 e. The molecule has 0 atom stereocenters. The van der Waals surface area contributed by atoms with Crippen molar-refractivity contribution in [1.82, 2.24) is 10.2 Å². The van der Waals surface area contributed by atoms with E-state index >= 15 is 0 Å². The molecule has 3 amide bonds. The molecule has 7 nitrogen and oxygen atoms in total. The molecule has 1 aliphatic rings. The number of thioether (sulfide) groups is 1. The van der Waals surface area contributed by atoms with E-state index in [9.17, 15) is 19.2 Å². The molecule has 0 bridgehead atoms. The molecule has 0 saturated carbocycles. The molecule has 0 radical (unpaired) electrons. The van der Waals surface area contributed by atoms with Crippen molar-refractivity contribution in [2.24, 2.45) is 0 Å². The lowest BCUT2D eigenvalue weighted by Gasteiger charge is -2.13. The van der Waals surface area contributed by atoms with Gasteiger partial charge >= 0.3 is 5.97 Å². The molecule has 1 aromatic rings. The van der Waals surface area contributed by atoms with Crippen LogP contribution < -0.4 is 5.32 Å². The van der Waals surface area contributed by atoms with Gasteiger partial charge in [-0.25, -0.2) is 4.79 Å². The number of esters is 1. The van der Waals surface area contributed by atoms with Gasteiger partial charge < -0.3 is 10.1 Å². The highest BCUT2D eigenvalue weighted by molar-refractivity contribution is 8.14. The van der Waals surface area contributed by atoms with Crippen LogP contribution in [-0.4, -0.2) is 53.4 Å². The Morgan fingerprint density at radius 3 is 2.67 bits per heavy atom. The zero-order valence-electron chi connectivity index (χ0n) is 12.2. The van der Waals surface area contributed by atoms with Crippen molar-refractivity contribution in [3.8, 4) is 0 Å². The minimum Gasteiger partial charge on any atom is -0.452 e. The summed E-state index contributed by atoms with van der Waals surface area (Å²) in [7, 11) is 0. The van der Waals surface area contributed by atoms with Gasteiger partial charge in [-0.2, -0.15) is 0 Å². The van der Waals surface area contributed by atoms with E-state index in [1.807, 2.05) is 0 Å². The Kier molecular flexibility index (Phi) is 6.47. The maximum atomic E-state index is 11.8. The lowest BCUT2D eigenvalue weighted by atomic mass is 10.2. The Hall–Kier alpha value is -1.77. The van der Waals surface area contributed by atoms with E-state index in [1.54, 1.807) is 0 Å². The Labute approximate surface area is 151 Å². The fourth-order valence-electron chi connectivity index (χ4n) is 1.82. The minimum atomic E-state index is -0.756. The molecule has 0 unspecified atom stereocenters. The SMILES string of the molecule is O=C(COC(=O)c1ccc(Cl)cc1Cl)NCCN1C(=O)CSC1=O. The third-order valence-corrected chi connectivity index (χ3v) is 4.39. The van der Waals surface area contributed by atoms with E-state index in [4.69, 9.17) is 27.9 Å². The number of imide groups is 1. The molecule has 1 heterocycles. The van der Waals surface area contributed by atoms with Crippen LogP contribution in [0, 0.1) is 0 Å². The van der Waals surface area contributed by atoms with Crippen molar-refractivity contribution in [3.63, 3.8) is 0 Å². The van der Waals surface area contributed by atoms with Crippen LogP contribution in [0.3, 0.4) is 0 Å². The van der Waals surface area contributed by atoms with Gasteiger partial charge in [0.2, 0.25) is 5.91 Å². The molecule has 0 aliphatic carbocycles. The molecule has 2 rings (SSSR count). The van der Waals surface area contributed by atoms with Crippen molar-refractivity contribution >= 4 is 58.0 Å². The zero-order chi connectivity index (χ0) is 17.7. The van der Waals surface area contributed by atoms with Gasteiger partial charge in [-0.15, -0.1) is 0 Å². The molecule has 1 N–H and O–H groups in total. The largest absolute Gasteiger partial charge is 0.452 e. The average molecular weight is 391 g/mol. The maximum absolute atomic E-state index is 11.8. The van der Waals surface area contributed by atoms with Crippen LogP contribution in [0.2, 0.25) is 10.0 Å². The summed E-state index contributed by atoms with van der Waals surface area (Å²) in [5, 5.41) is 2.62. The van der Waals surface area contributed by atoms with Crippen molar-refractivity contribution in [1.29, 1.82) is 0 Å². The molecule has 1 saturated heterocycles. The topological polar surface area (TPSA) is 92.8 Å². The summed E-state index contributed by atoms with van der Waals surface area (Å²) < 4.78 is 4.85. The number of nitrogens with one attached hydrogen (secondary N) is 1. The number of rotatable bonds is 6. The fraction of sp³-hybridized carbons (Fsp3) is 0.286. The van der Waals surface area contributed by atoms with Crippen LogP contribution in [0.25, 0.3) is 0 Å². The number of nitrogens with zero attached hydrogens (tertiary/aromatic N) is 1. The van der Waals surface area contributed by atoms with Crippen LogP contribution in [0.1, 0.15) is 10.4 Å². The highest BCUT2D eigenvalue weighted by Crippen LogP contribution is 2.21. The number of amides is 3. The molecule has 1 aromatic carbocycles. The highest BCUT2D eigenvalue weighted by Gasteiger charge is 2.29. The number of carbonyl (C=O) groups is 4. The van der Waals surface area contributed by atoms with Crippen LogP contribution in [0.15, 0.2) is 18.2 Å². The van der Waals surface area contributed by atoms with Gasteiger partial charge in [0.1, 0.15) is 0 Å². The fourth-order valence-corrected chi connectivity index (χ4v) is 3.06. The van der Waals surface area contributed by atoms with E-state index < -0.39 is 18.5 Å². The summed E-state index contributed by atoms with van der Waals surface area (Å²) in [6.07, 6.45) is 0. The van der Waals surface area contributed by atoms with Crippen molar-refractivity contribution in [2.75, 3.05) is 25.4 Å². The lowest BCUT2D eigenvalue weighted by molar-refractivity contribution is -0.126. The number of hydrogen-bond donors (Lipinski definition) is 1. The third-order valence-electron chi connectivity index (χ3n) is 2.98. The minimum absolute atomic E-state index is 0.0768. The molecule has 0 spiro atoms. The number of benzene rings is 1. The molecule has 1 fully saturated rings. The molecule has 128 valence electrons. The van der Waals surface area contributed by atoms with Crippen molar-refractivity contribution in [2.45, 2.75) is 0 Å². The summed E-state index contributed by atoms with van der Waals surface area (Å²) in [5.41, 5.74) is 0.0964. The predicted molar refractivity (Wildman–Crippen MR) is 89.3 cm³/mol. The van der Waals surface area contributed by atoms with Crippen LogP contribution >= 0.6 is 35.0 Å². The Balaban J connectivity index is 1.74. The molecular weight excluding hydrogens is 379 g/mol. The first-order valence-electron chi connectivity index (χ1n) is 6.74. The van der Waals surface area contributed by atoms with Crippen molar-refractivity contribution in [3.05, 3.63) is 33.8 Å². The number of ether oxygens (including phenoxy) is 1. The van der Waals surface area contributed by atoms with E-state index in [0.29, 0.717) is 5.02 Å². The summed E-state index contributed by atoms with van der Waals surface area (Å²) in [6, 6.07) is 4.27. The summed E-state index contributed by atoms with van der Waals surface area (Å²) in [5.74, 6) is -1.48. The zero-order valence-corrected chi connectivity index (χ0v) is 14.5. The highest BCUT2D eigenvalue weighted by atomic mass is 35.5. The van der Waals surface area contributed by atoms with Gasteiger partial charge in [0.15, 0.2) is 6.61 Å². The Morgan fingerprint density at radius 2 is 2.04 bits per heavy atom. The Bertz CT molecular complexity index is 682. The van der Waals surface area contributed by atoms with Crippen molar-refractivity contribution < 1.29 is 23.9 Å². The first kappa shape index (κ1) is 18.6. The normalized spacial score (nSPS) is 14.0. The maximum Gasteiger partial charge on any atom is 0.340 e.